The van der Waals surface area contributed by atoms with Crippen molar-refractivity contribution < 1.29 is 33.0 Å². The molecule has 3 heterocycles. The number of morpholine rings is 1. The average Bonchev–Trinajstić information content (AvgIpc) is 3.05. The van der Waals surface area contributed by atoms with E-state index in [1.807, 2.05) is 18.2 Å². The molecule has 1 fully saturated rings. The highest BCUT2D eigenvalue weighted by Crippen LogP contribution is 2.52. The Labute approximate surface area is 262 Å². The molecule has 0 bridgehead atoms. The lowest BCUT2D eigenvalue weighted by Gasteiger charge is -2.37. The summed E-state index contributed by atoms with van der Waals surface area (Å²) in [4.78, 5) is 45.5. The number of halogens is 1. The van der Waals surface area contributed by atoms with Gasteiger partial charge in [0, 0.05) is 54.4 Å². The van der Waals surface area contributed by atoms with Crippen molar-refractivity contribution in [2.75, 3.05) is 46.1 Å². The van der Waals surface area contributed by atoms with Crippen LogP contribution in [0.25, 0.3) is 11.3 Å². The van der Waals surface area contributed by atoms with Crippen LogP contribution in [0.2, 0.25) is 0 Å². The van der Waals surface area contributed by atoms with Gasteiger partial charge < -0.3 is 24.4 Å². The number of urea groups is 1. The van der Waals surface area contributed by atoms with Crippen molar-refractivity contribution >= 4 is 17.8 Å². The number of para-hydroxylation sites is 1. The van der Waals surface area contributed by atoms with Crippen LogP contribution in [0.3, 0.4) is 0 Å². The number of nitrogens with one attached hydrogen (secondary N) is 2. The number of hydrogen-bond acceptors (Lipinski definition) is 7. The predicted molar refractivity (Wildman–Crippen MR) is 166 cm³/mol. The molecule has 3 aromatic rings. The summed E-state index contributed by atoms with van der Waals surface area (Å²) < 4.78 is 31.9. The van der Waals surface area contributed by atoms with Crippen molar-refractivity contribution in [2.45, 2.75) is 39.5 Å². The first-order valence-electron chi connectivity index (χ1n) is 15.3. The minimum atomic E-state index is -1.21. The Hall–Kier alpha value is -4.35. The fourth-order valence-corrected chi connectivity index (χ4v) is 5.57. The van der Waals surface area contributed by atoms with Gasteiger partial charge in [-0.15, -0.1) is 0 Å². The Morgan fingerprint density at radius 2 is 1.78 bits per heavy atom. The zero-order valence-electron chi connectivity index (χ0n) is 25.9. The van der Waals surface area contributed by atoms with Gasteiger partial charge in [0.15, 0.2) is 11.6 Å². The number of benzene rings is 2. The molecule has 0 spiro atoms. The van der Waals surface area contributed by atoms with Gasteiger partial charge in [0.1, 0.15) is 0 Å². The quantitative estimate of drug-likeness (QED) is 0.297. The van der Waals surface area contributed by atoms with Crippen LogP contribution in [0.4, 0.5) is 9.18 Å². The van der Waals surface area contributed by atoms with E-state index in [-0.39, 0.29) is 24.1 Å². The van der Waals surface area contributed by atoms with E-state index in [0.29, 0.717) is 61.9 Å². The highest BCUT2D eigenvalue weighted by molar-refractivity contribution is 5.98. The third kappa shape index (κ3) is 7.15. The Kier molecular flexibility index (Phi) is 10.1. The van der Waals surface area contributed by atoms with E-state index in [1.54, 1.807) is 49.1 Å². The second-order valence-corrected chi connectivity index (χ2v) is 11.7. The molecule has 1 atom stereocenters. The fourth-order valence-electron chi connectivity index (χ4n) is 5.57. The zero-order chi connectivity index (χ0) is 32.0. The normalized spacial score (nSPS) is 15.8. The number of rotatable bonds is 10. The van der Waals surface area contributed by atoms with Crippen LogP contribution in [-0.2, 0) is 14.3 Å². The van der Waals surface area contributed by atoms with Crippen molar-refractivity contribution in [1.82, 2.24) is 20.5 Å². The van der Waals surface area contributed by atoms with E-state index >= 15 is 4.39 Å². The number of ether oxygens (including phenoxy) is 3. The standard InChI is InChI=1S/C34H39FN4O6/c1-4-5-18-43-19-15-36-33(42)38-32(41)34(2,3)28-24-7-6-8-26(35)29(24)45-30-25(28)13-14-27(37-30)22-9-11-23(12-10-22)31(40)39-16-20-44-21-17-39/h6-14,28H,4-5,15-21H2,1-3H3,(H2,36,38,41,42)/t28-/m0/s1. The van der Waals surface area contributed by atoms with E-state index in [4.69, 9.17) is 19.2 Å². The molecule has 11 heteroatoms. The summed E-state index contributed by atoms with van der Waals surface area (Å²) in [5, 5.41) is 5.08. The first-order chi connectivity index (χ1) is 21.7. The lowest BCUT2D eigenvalue weighted by atomic mass is 9.69. The van der Waals surface area contributed by atoms with Crippen molar-refractivity contribution in [3.63, 3.8) is 0 Å². The van der Waals surface area contributed by atoms with Crippen LogP contribution >= 0.6 is 0 Å². The molecule has 2 aliphatic rings. The maximum atomic E-state index is 15.1. The summed E-state index contributed by atoms with van der Waals surface area (Å²) in [6, 6.07) is 14.7. The van der Waals surface area contributed by atoms with E-state index in [2.05, 4.69) is 17.6 Å². The molecule has 0 unspecified atom stereocenters. The molecule has 2 aromatic carbocycles. The number of fused-ring (bicyclic) bond motifs is 2. The van der Waals surface area contributed by atoms with Gasteiger partial charge in [-0.25, -0.2) is 14.2 Å². The number of carbonyl (C=O) groups excluding carboxylic acids is 3. The average molecular weight is 619 g/mol. The molecular weight excluding hydrogens is 579 g/mol. The summed E-state index contributed by atoms with van der Waals surface area (Å²) in [5.74, 6) is -1.70. The molecule has 4 amide bonds. The fraction of sp³-hybridized carbons (Fsp3) is 0.412. The highest BCUT2D eigenvalue weighted by Gasteiger charge is 2.45. The minimum Gasteiger partial charge on any atom is -0.435 e. The second-order valence-electron chi connectivity index (χ2n) is 11.7. The summed E-state index contributed by atoms with van der Waals surface area (Å²) in [6.07, 6.45) is 1.95. The number of imide groups is 1. The monoisotopic (exact) mass is 618 g/mol. The summed E-state index contributed by atoms with van der Waals surface area (Å²) in [6.45, 7) is 8.83. The maximum absolute atomic E-state index is 15.1. The molecule has 45 heavy (non-hydrogen) atoms. The molecule has 5 rings (SSSR count). The lowest BCUT2D eigenvalue weighted by Crippen LogP contribution is -2.48. The van der Waals surface area contributed by atoms with Gasteiger partial charge in [0.25, 0.3) is 5.91 Å². The first-order valence-corrected chi connectivity index (χ1v) is 15.3. The Balaban J connectivity index is 1.36. The van der Waals surface area contributed by atoms with Crippen LogP contribution in [0.5, 0.6) is 11.6 Å². The van der Waals surface area contributed by atoms with Crippen LogP contribution in [-0.4, -0.2) is 73.8 Å². The first kappa shape index (κ1) is 32.1. The summed E-state index contributed by atoms with van der Waals surface area (Å²) >= 11 is 0. The van der Waals surface area contributed by atoms with E-state index in [1.165, 1.54) is 6.07 Å². The predicted octanol–water partition coefficient (Wildman–Crippen LogP) is 5.27. The topological polar surface area (TPSA) is 119 Å². The van der Waals surface area contributed by atoms with Gasteiger partial charge in [-0.05, 0) is 30.7 Å². The smallest absolute Gasteiger partial charge is 0.321 e. The van der Waals surface area contributed by atoms with Gasteiger partial charge >= 0.3 is 6.03 Å². The van der Waals surface area contributed by atoms with Crippen molar-refractivity contribution in [2.24, 2.45) is 5.41 Å². The molecule has 2 N–H and O–H groups in total. The van der Waals surface area contributed by atoms with E-state index in [9.17, 15) is 14.4 Å². The van der Waals surface area contributed by atoms with Gasteiger partial charge in [-0.3, -0.25) is 14.9 Å². The van der Waals surface area contributed by atoms with Gasteiger partial charge in [-0.1, -0.05) is 57.5 Å². The number of unbranched alkanes of at least 4 members (excludes halogenated alkanes) is 1. The van der Waals surface area contributed by atoms with Gasteiger partial charge in [-0.2, -0.15) is 0 Å². The molecule has 2 aliphatic heterocycles. The van der Waals surface area contributed by atoms with Crippen LogP contribution in [0.15, 0.2) is 54.6 Å². The molecule has 10 nitrogen and oxygen atoms in total. The summed E-state index contributed by atoms with van der Waals surface area (Å²) in [7, 11) is 0. The Bertz CT molecular complexity index is 1540. The largest absolute Gasteiger partial charge is 0.435 e. The molecule has 0 aliphatic carbocycles. The third-order valence-corrected chi connectivity index (χ3v) is 8.14. The Morgan fingerprint density at radius 1 is 1.02 bits per heavy atom. The molecule has 238 valence electrons. The van der Waals surface area contributed by atoms with Crippen molar-refractivity contribution in [1.29, 1.82) is 0 Å². The Morgan fingerprint density at radius 3 is 2.51 bits per heavy atom. The van der Waals surface area contributed by atoms with Crippen LogP contribution in [0, 0.1) is 11.2 Å². The van der Waals surface area contributed by atoms with Gasteiger partial charge in [0.05, 0.1) is 30.9 Å². The third-order valence-electron chi connectivity index (χ3n) is 8.14. The second kappa shape index (κ2) is 14.2. The van der Waals surface area contributed by atoms with Crippen LogP contribution < -0.4 is 15.4 Å². The molecule has 1 saturated heterocycles. The molecular formula is C34H39FN4O6. The highest BCUT2D eigenvalue weighted by atomic mass is 19.1. The molecule has 0 saturated carbocycles. The van der Waals surface area contributed by atoms with Crippen LogP contribution in [0.1, 0.15) is 61.0 Å². The van der Waals surface area contributed by atoms with Crippen molar-refractivity contribution in [3.8, 4) is 22.9 Å². The number of pyridine rings is 1. The number of carbonyl (C=O) groups is 3. The van der Waals surface area contributed by atoms with E-state index in [0.717, 1.165) is 18.4 Å². The number of aromatic nitrogens is 1. The number of hydrogen-bond donors (Lipinski definition) is 2. The zero-order valence-corrected chi connectivity index (χ0v) is 25.9. The maximum Gasteiger partial charge on any atom is 0.321 e. The minimum absolute atomic E-state index is 0.0133. The van der Waals surface area contributed by atoms with E-state index < -0.39 is 29.1 Å². The SMILES string of the molecule is CCCCOCCNC(=O)NC(=O)C(C)(C)[C@@H]1c2ccc(-c3ccc(C(=O)N4CCOCC4)cc3)nc2Oc2c(F)cccc21. The number of amides is 4. The lowest BCUT2D eigenvalue weighted by molar-refractivity contribution is -0.128. The number of nitrogens with zero attached hydrogens (tertiary/aromatic N) is 2. The van der Waals surface area contributed by atoms with Crippen molar-refractivity contribution in [3.05, 3.63) is 77.1 Å². The molecule has 1 aromatic heterocycles. The summed E-state index contributed by atoms with van der Waals surface area (Å²) in [5.41, 5.74) is 1.71. The molecule has 0 radical (unpaired) electrons. The van der Waals surface area contributed by atoms with Gasteiger partial charge in [0.2, 0.25) is 11.8 Å².